The van der Waals surface area contributed by atoms with Crippen molar-refractivity contribution >= 4 is 11.2 Å². The van der Waals surface area contributed by atoms with Crippen molar-refractivity contribution in [2.24, 2.45) is 0 Å². The van der Waals surface area contributed by atoms with E-state index in [4.69, 9.17) is 4.42 Å². The third kappa shape index (κ3) is 3.13. The van der Waals surface area contributed by atoms with Crippen LogP contribution in [0.15, 0.2) is 59.3 Å². The summed E-state index contributed by atoms with van der Waals surface area (Å²) in [6.07, 6.45) is -0.679. The molecule has 25 heavy (non-hydrogen) atoms. The summed E-state index contributed by atoms with van der Waals surface area (Å²) in [5.74, 6) is 1.34. The summed E-state index contributed by atoms with van der Waals surface area (Å²) >= 11 is 0. The summed E-state index contributed by atoms with van der Waals surface area (Å²) in [6, 6.07) is 10.6. The maximum absolute atomic E-state index is 12.6. The van der Waals surface area contributed by atoms with Crippen molar-refractivity contribution in [3.63, 3.8) is 0 Å². The monoisotopic (exact) mass is 343 g/mol. The van der Waals surface area contributed by atoms with E-state index in [0.29, 0.717) is 23.7 Å². The standard InChI is InChI=1S/C18H12F3N3O/c19-18(20,21)13-5-3-11(4-6-13)8-16-23-14-9-12(10-22-17(14)24-16)15-2-1-7-25-15/h1-7,9-10H,8H2,(H,22,23,24). The number of halogens is 3. The van der Waals surface area contributed by atoms with Crippen LogP contribution in [0.2, 0.25) is 0 Å². The Morgan fingerprint density at radius 3 is 2.56 bits per heavy atom. The molecule has 0 spiro atoms. The van der Waals surface area contributed by atoms with Crippen molar-refractivity contribution in [1.29, 1.82) is 0 Å². The Kier molecular flexibility index (Phi) is 3.56. The molecule has 4 rings (SSSR count). The van der Waals surface area contributed by atoms with Crippen LogP contribution in [0.4, 0.5) is 13.2 Å². The lowest BCUT2D eigenvalue weighted by Crippen LogP contribution is -2.04. The Morgan fingerprint density at radius 1 is 1.08 bits per heavy atom. The molecule has 4 aromatic rings. The normalized spacial score (nSPS) is 12.0. The van der Waals surface area contributed by atoms with Gasteiger partial charge in [0.15, 0.2) is 5.65 Å². The predicted octanol–water partition coefficient (Wildman–Crippen LogP) is 4.83. The molecule has 0 aliphatic heterocycles. The number of furan rings is 1. The van der Waals surface area contributed by atoms with E-state index >= 15 is 0 Å². The molecule has 7 heteroatoms. The number of hydrogen-bond donors (Lipinski definition) is 1. The van der Waals surface area contributed by atoms with Gasteiger partial charge >= 0.3 is 6.18 Å². The van der Waals surface area contributed by atoms with Gasteiger partial charge in [0.1, 0.15) is 11.6 Å². The van der Waals surface area contributed by atoms with Crippen molar-refractivity contribution in [2.75, 3.05) is 0 Å². The molecule has 0 atom stereocenters. The van der Waals surface area contributed by atoms with E-state index in [1.165, 1.54) is 12.1 Å². The van der Waals surface area contributed by atoms with Crippen LogP contribution >= 0.6 is 0 Å². The minimum absolute atomic E-state index is 0.393. The molecule has 0 bridgehead atoms. The zero-order chi connectivity index (χ0) is 17.4. The molecule has 0 aliphatic carbocycles. The average molecular weight is 343 g/mol. The molecule has 3 heterocycles. The van der Waals surface area contributed by atoms with Gasteiger partial charge in [0.25, 0.3) is 0 Å². The van der Waals surface area contributed by atoms with Gasteiger partial charge < -0.3 is 9.40 Å². The van der Waals surface area contributed by atoms with E-state index in [1.807, 2.05) is 12.1 Å². The first-order valence-corrected chi connectivity index (χ1v) is 7.54. The zero-order valence-electron chi connectivity index (χ0n) is 12.8. The molecule has 0 aliphatic rings. The molecule has 0 unspecified atom stereocenters. The second-order valence-corrected chi connectivity index (χ2v) is 5.63. The topological polar surface area (TPSA) is 54.7 Å². The number of nitrogens with one attached hydrogen (secondary N) is 1. The fraction of sp³-hybridized carbons (Fsp3) is 0.111. The number of rotatable bonds is 3. The van der Waals surface area contributed by atoms with Crippen molar-refractivity contribution in [2.45, 2.75) is 12.6 Å². The molecule has 0 saturated heterocycles. The molecular weight excluding hydrogens is 331 g/mol. The van der Waals surface area contributed by atoms with Gasteiger partial charge in [-0.25, -0.2) is 9.97 Å². The van der Waals surface area contributed by atoms with E-state index in [-0.39, 0.29) is 0 Å². The number of aromatic nitrogens is 3. The second-order valence-electron chi connectivity index (χ2n) is 5.63. The first kappa shape index (κ1) is 15.4. The number of H-pyrrole nitrogens is 1. The molecular formula is C18H12F3N3O. The quantitative estimate of drug-likeness (QED) is 0.580. The van der Waals surface area contributed by atoms with Gasteiger partial charge in [-0.2, -0.15) is 13.2 Å². The summed E-state index contributed by atoms with van der Waals surface area (Å²) in [5.41, 5.74) is 2.19. The molecule has 0 radical (unpaired) electrons. The van der Waals surface area contributed by atoms with E-state index in [0.717, 1.165) is 28.8 Å². The highest BCUT2D eigenvalue weighted by Crippen LogP contribution is 2.29. The predicted molar refractivity (Wildman–Crippen MR) is 85.8 cm³/mol. The van der Waals surface area contributed by atoms with Gasteiger partial charge in [0.2, 0.25) is 0 Å². The van der Waals surface area contributed by atoms with Gasteiger partial charge in [-0.05, 0) is 35.9 Å². The van der Waals surface area contributed by atoms with Crippen LogP contribution < -0.4 is 0 Å². The highest BCUT2D eigenvalue weighted by Gasteiger charge is 2.29. The lowest BCUT2D eigenvalue weighted by molar-refractivity contribution is -0.137. The van der Waals surface area contributed by atoms with Crippen molar-refractivity contribution < 1.29 is 17.6 Å². The maximum atomic E-state index is 12.6. The number of imidazole rings is 1. The van der Waals surface area contributed by atoms with Crippen LogP contribution in [-0.2, 0) is 12.6 Å². The molecule has 1 N–H and O–H groups in total. The average Bonchev–Trinajstić information content (AvgIpc) is 3.23. The highest BCUT2D eigenvalue weighted by molar-refractivity contribution is 5.76. The second kappa shape index (κ2) is 5.77. The van der Waals surface area contributed by atoms with Crippen LogP contribution in [0.1, 0.15) is 17.0 Å². The first-order valence-electron chi connectivity index (χ1n) is 7.54. The summed E-state index contributed by atoms with van der Waals surface area (Å²) in [4.78, 5) is 11.8. The Labute approximate surface area is 140 Å². The highest BCUT2D eigenvalue weighted by atomic mass is 19.4. The summed E-state index contributed by atoms with van der Waals surface area (Å²) < 4.78 is 43.2. The third-order valence-electron chi connectivity index (χ3n) is 3.85. The van der Waals surface area contributed by atoms with Gasteiger partial charge in [-0.1, -0.05) is 12.1 Å². The number of alkyl halides is 3. The van der Waals surface area contributed by atoms with E-state index in [9.17, 15) is 13.2 Å². The minimum Gasteiger partial charge on any atom is -0.464 e. The van der Waals surface area contributed by atoms with Crippen LogP contribution in [0.3, 0.4) is 0 Å². The summed E-state index contributed by atoms with van der Waals surface area (Å²) in [5, 5.41) is 0. The van der Waals surface area contributed by atoms with Crippen LogP contribution in [-0.4, -0.2) is 15.0 Å². The number of nitrogens with zero attached hydrogens (tertiary/aromatic N) is 2. The largest absolute Gasteiger partial charge is 0.464 e. The molecule has 1 aromatic carbocycles. The SMILES string of the molecule is FC(F)(F)c1ccc(Cc2nc3ncc(-c4ccco4)cc3[nH]2)cc1. The summed E-state index contributed by atoms with van der Waals surface area (Å²) in [6.45, 7) is 0. The Morgan fingerprint density at radius 2 is 1.88 bits per heavy atom. The van der Waals surface area contributed by atoms with Crippen LogP contribution in [0.25, 0.3) is 22.5 Å². The Balaban J connectivity index is 1.59. The first-order chi connectivity index (χ1) is 12.0. The van der Waals surface area contributed by atoms with Crippen molar-refractivity contribution in [3.8, 4) is 11.3 Å². The number of fused-ring (bicyclic) bond motifs is 1. The van der Waals surface area contributed by atoms with Gasteiger partial charge in [-0.15, -0.1) is 0 Å². The van der Waals surface area contributed by atoms with Crippen LogP contribution in [0, 0.1) is 0 Å². The smallest absolute Gasteiger partial charge is 0.416 e. The number of pyridine rings is 1. The fourth-order valence-corrected chi connectivity index (χ4v) is 2.62. The molecule has 0 fully saturated rings. The van der Waals surface area contributed by atoms with Gasteiger partial charge in [-0.3, -0.25) is 0 Å². The van der Waals surface area contributed by atoms with Crippen LogP contribution in [0.5, 0.6) is 0 Å². The van der Waals surface area contributed by atoms with Crippen molar-refractivity contribution in [3.05, 3.63) is 71.9 Å². The Hall–Kier alpha value is -3.09. The third-order valence-corrected chi connectivity index (χ3v) is 3.85. The van der Waals surface area contributed by atoms with Gasteiger partial charge in [0.05, 0.1) is 17.3 Å². The number of aromatic amines is 1. The van der Waals surface area contributed by atoms with E-state index in [2.05, 4.69) is 15.0 Å². The Bertz CT molecular complexity index is 1000. The molecule has 0 saturated carbocycles. The van der Waals surface area contributed by atoms with E-state index in [1.54, 1.807) is 18.5 Å². The lowest BCUT2D eigenvalue weighted by Gasteiger charge is -2.06. The number of benzene rings is 1. The summed E-state index contributed by atoms with van der Waals surface area (Å²) in [7, 11) is 0. The zero-order valence-corrected chi connectivity index (χ0v) is 12.8. The van der Waals surface area contributed by atoms with Gasteiger partial charge in [0, 0.05) is 18.2 Å². The maximum Gasteiger partial charge on any atom is 0.416 e. The van der Waals surface area contributed by atoms with E-state index < -0.39 is 11.7 Å². The van der Waals surface area contributed by atoms with Crippen molar-refractivity contribution in [1.82, 2.24) is 15.0 Å². The molecule has 3 aromatic heterocycles. The molecule has 0 amide bonds. The lowest BCUT2D eigenvalue weighted by atomic mass is 10.1. The minimum atomic E-state index is -4.33. The molecule has 4 nitrogen and oxygen atoms in total. The number of hydrogen-bond acceptors (Lipinski definition) is 3. The fourth-order valence-electron chi connectivity index (χ4n) is 2.62. The molecule has 126 valence electrons.